The summed E-state index contributed by atoms with van der Waals surface area (Å²) < 4.78 is 0. The van der Waals surface area contributed by atoms with Crippen LogP contribution in [0.3, 0.4) is 0 Å². The van der Waals surface area contributed by atoms with E-state index in [1.807, 2.05) is 0 Å². The van der Waals surface area contributed by atoms with Crippen LogP contribution >= 0.6 is 0 Å². The summed E-state index contributed by atoms with van der Waals surface area (Å²) in [5, 5.41) is 0. The van der Waals surface area contributed by atoms with E-state index >= 15 is 0 Å². The summed E-state index contributed by atoms with van der Waals surface area (Å²) in [6.45, 7) is 7.44. The van der Waals surface area contributed by atoms with Crippen LogP contribution in [-0.4, -0.2) is 24.0 Å². The summed E-state index contributed by atoms with van der Waals surface area (Å²) in [6.07, 6.45) is 5.25. The van der Waals surface area contributed by atoms with Gasteiger partial charge in [-0.2, -0.15) is 0 Å². The fourth-order valence-corrected chi connectivity index (χ4v) is 2.63. The molecule has 0 aliphatic heterocycles. The van der Waals surface area contributed by atoms with Gasteiger partial charge in [0.15, 0.2) is 0 Å². The molecule has 0 aromatic heterocycles. The second-order valence-electron chi connectivity index (χ2n) is 5.63. The van der Waals surface area contributed by atoms with Crippen LogP contribution in [0.2, 0.25) is 0 Å². The van der Waals surface area contributed by atoms with Crippen LogP contribution in [0.1, 0.15) is 42.4 Å². The average molecular weight is 246 g/mol. The predicted octanol–water partition coefficient (Wildman–Crippen LogP) is 3.01. The Bertz CT molecular complexity index is 383. The molecule has 0 bridgehead atoms. The van der Waals surface area contributed by atoms with Crippen molar-refractivity contribution in [1.29, 1.82) is 0 Å². The lowest BCUT2D eigenvalue weighted by atomic mass is 9.90. The summed E-state index contributed by atoms with van der Waals surface area (Å²) in [5.41, 5.74) is 9.92. The second kappa shape index (κ2) is 6.35. The molecule has 2 heteroatoms. The minimum absolute atomic E-state index is 0.802. The highest BCUT2D eigenvalue weighted by atomic mass is 15.2. The van der Waals surface area contributed by atoms with E-state index in [0.29, 0.717) is 0 Å². The summed E-state index contributed by atoms with van der Waals surface area (Å²) >= 11 is 0. The zero-order valence-electron chi connectivity index (χ0n) is 11.8. The van der Waals surface area contributed by atoms with Gasteiger partial charge in [-0.05, 0) is 57.3 Å². The fourth-order valence-electron chi connectivity index (χ4n) is 2.63. The maximum atomic E-state index is 5.66. The standard InChI is InChI=1S/C16H26N2/c1-13-7-8-14(2)15(11-13)12-18(10-4-9-17)16-5-3-6-16/h7-8,11,16H,3-6,9-10,12,17H2,1-2H3. The number of hydrogen-bond donors (Lipinski definition) is 1. The molecular weight excluding hydrogens is 220 g/mol. The van der Waals surface area contributed by atoms with Gasteiger partial charge in [-0.3, -0.25) is 4.90 Å². The van der Waals surface area contributed by atoms with Crippen LogP contribution in [0, 0.1) is 13.8 Å². The van der Waals surface area contributed by atoms with Gasteiger partial charge >= 0.3 is 0 Å². The molecule has 1 fully saturated rings. The smallest absolute Gasteiger partial charge is 0.0239 e. The lowest BCUT2D eigenvalue weighted by Gasteiger charge is -2.38. The van der Waals surface area contributed by atoms with Gasteiger partial charge < -0.3 is 5.73 Å². The molecule has 0 amide bonds. The first-order valence-corrected chi connectivity index (χ1v) is 7.21. The lowest BCUT2D eigenvalue weighted by molar-refractivity contribution is 0.118. The van der Waals surface area contributed by atoms with Crippen molar-refractivity contribution in [2.24, 2.45) is 5.73 Å². The Hall–Kier alpha value is -0.860. The van der Waals surface area contributed by atoms with Crippen molar-refractivity contribution in [2.75, 3.05) is 13.1 Å². The van der Waals surface area contributed by atoms with Gasteiger partial charge in [0.05, 0.1) is 0 Å². The molecule has 1 saturated carbocycles. The van der Waals surface area contributed by atoms with E-state index in [1.165, 1.54) is 36.0 Å². The predicted molar refractivity (Wildman–Crippen MR) is 77.6 cm³/mol. The zero-order chi connectivity index (χ0) is 13.0. The lowest BCUT2D eigenvalue weighted by Crippen LogP contribution is -2.40. The molecular formula is C16H26N2. The van der Waals surface area contributed by atoms with E-state index in [-0.39, 0.29) is 0 Å². The maximum absolute atomic E-state index is 5.66. The minimum atomic E-state index is 0.802. The summed E-state index contributed by atoms with van der Waals surface area (Å²) in [5.74, 6) is 0. The molecule has 1 aliphatic carbocycles. The van der Waals surface area contributed by atoms with Crippen molar-refractivity contribution in [3.63, 3.8) is 0 Å². The second-order valence-corrected chi connectivity index (χ2v) is 5.63. The number of benzene rings is 1. The summed E-state index contributed by atoms with van der Waals surface area (Å²) in [4.78, 5) is 2.64. The van der Waals surface area contributed by atoms with E-state index < -0.39 is 0 Å². The van der Waals surface area contributed by atoms with Gasteiger partial charge in [0.1, 0.15) is 0 Å². The Kier molecular flexibility index (Phi) is 4.79. The Morgan fingerprint density at radius 2 is 2.06 bits per heavy atom. The average Bonchev–Trinajstić information content (AvgIpc) is 2.28. The van der Waals surface area contributed by atoms with Gasteiger partial charge in [-0.25, -0.2) is 0 Å². The summed E-state index contributed by atoms with van der Waals surface area (Å²) in [7, 11) is 0. The SMILES string of the molecule is Cc1ccc(C)c(CN(CCCN)C2CCC2)c1. The Labute approximate surface area is 111 Å². The highest BCUT2D eigenvalue weighted by Gasteiger charge is 2.24. The molecule has 18 heavy (non-hydrogen) atoms. The molecule has 0 atom stereocenters. The van der Waals surface area contributed by atoms with Gasteiger partial charge in [0.2, 0.25) is 0 Å². The van der Waals surface area contributed by atoms with Gasteiger partial charge in [-0.1, -0.05) is 30.2 Å². The van der Waals surface area contributed by atoms with Crippen molar-refractivity contribution in [1.82, 2.24) is 4.90 Å². The van der Waals surface area contributed by atoms with E-state index in [0.717, 1.165) is 32.1 Å². The van der Waals surface area contributed by atoms with E-state index in [4.69, 9.17) is 5.73 Å². The molecule has 1 aromatic rings. The molecule has 100 valence electrons. The first kappa shape index (κ1) is 13.6. The van der Waals surface area contributed by atoms with Gasteiger partial charge in [0.25, 0.3) is 0 Å². The first-order valence-electron chi connectivity index (χ1n) is 7.21. The quantitative estimate of drug-likeness (QED) is 0.836. The third kappa shape index (κ3) is 3.33. The number of nitrogens with two attached hydrogens (primary N) is 1. The zero-order valence-corrected chi connectivity index (χ0v) is 11.8. The number of nitrogens with zero attached hydrogens (tertiary/aromatic N) is 1. The monoisotopic (exact) mass is 246 g/mol. The van der Waals surface area contributed by atoms with Crippen LogP contribution in [0.25, 0.3) is 0 Å². The first-order chi connectivity index (χ1) is 8.70. The molecule has 2 rings (SSSR count). The van der Waals surface area contributed by atoms with Crippen LogP contribution in [0.5, 0.6) is 0 Å². The van der Waals surface area contributed by atoms with Crippen molar-refractivity contribution in [3.05, 3.63) is 34.9 Å². The third-order valence-electron chi connectivity index (χ3n) is 4.12. The van der Waals surface area contributed by atoms with Crippen LogP contribution < -0.4 is 5.73 Å². The van der Waals surface area contributed by atoms with Crippen molar-refractivity contribution in [2.45, 2.75) is 52.1 Å². The highest BCUT2D eigenvalue weighted by molar-refractivity contribution is 5.30. The van der Waals surface area contributed by atoms with Gasteiger partial charge in [-0.15, -0.1) is 0 Å². The molecule has 0 spiro atoms. The largest absolute Gasteiger partial charge is 0.330 e. The van der Waals surface area contributed by atoms with Crippen LogP contribution in [0.15, 0.2) is 18.2 Å². The molecule has 0 heterocycles. The topological polar surface area (TPSA) is 29.3 Å². The Morgan fingerprint density at radius 1 is 1.28 bits per heavy atom. The van der Waals surface area contributed by atoms with E-state index in [2.05, 4.69) is 36.9 Å². The summed E-state index contributed by atoms with van der Waals surface area (Å²) in [6, 6.07) is 7.58. The molecule has 2 N–H and O–H groups in total. The molecule has 1 aromatic carbocycles. The van der Waals surface area contributed by atoms with E-state index in [9.17, 15) is 0 Å². The molecule has 0 saturated heterocycles. The fraction of sp³-hybridized carbons (Fsp3) is 0.625. The number of rotatable bonds is 6. The normalized spacial score (nSPS) is 16.0. The highest BCUT2D eigenvalue weighted by Crippen LogP contribution is 2.27. The maximum Gasteiger partial charge on any atom is 0.0239 e. The Morgan fingerprint density at radius 3 is 2.67 bits per heavy atom. The number of hydrogen-bond acceptors (Lipinski definition) is 2. The number of aryl methyl sites for hydroxylation is 2. The Balaban J connectivity index is 2.04. The minimum Gasteiger partial charge on any atom is -0.330 e. The van der Waals surface area contributed by atoms with Crippen molar-refractivity contribution < 1.29 is 0 Å². The van der Waals surface area contributed by atoms with Crippen LogP contribution in [-0.2, 0) is 6.54 Å². The van der Waals surface area contributed by atoms with Crippen molar-refractivity contribution >= 4 is 0 Å². The molecule has 0 radical (unpaired) electrons. The van der Waals surface area contributed by atoms with Gasteiger partial charge in [0, 0.05) is 12.6 Å². The third-order valence-corrected chi connectivity index (χ3v) is 4.12. The van der Waals surface area contributed by atoms with Crippen molar-refractivity contribution in [3.8, 4) is 0 Å². The molecule has 1 aliphatic rings. The molecule has 2 nitrogen and oxygen atoms in total. The van der Waals surface area contributed by atoms with Crippen LogP contribution in [0.4, 0.5) is 0 Å². The molecule has 0 unspecified atom stereocenters. The van der Waals surface area contributed by atoms with E-state index in [1.54, 1.807) is 0 Å².